The van der Waals surface area contributed by atoms with Crippen molar-refractivity contribution in [3.8, 4) is 22.4 Å². The Balaban J connectivity index is 2.20. The monoisotopic (exact) mass is 291 g/mol. The minimum atomic E-state index is -0.421. The second-order valence-electron chi connectivity index (χ2n) is 4.60. The van der Waals surface area contributed by atoms with Gasteiger partial charge in [-0.3, -0.25) is 15.0 Å². The van der Waals surface area contributed by atoms with E-state index in [0.717, 1.165) is 22.4 Å². The molecule has 5 nitrogen and oxygen atoms in total. The first-order valence-electron chi connectivity index (χ1n) is 6.69. The quantitative estimate of drug-likeness (QED) is 0.694. The first kappa shape index (κ1) is 13.9. The summed E-state index contributed by atoms with van der Waals surface area (Å²) in [6.07, 6.45) is 8.38. The van der Waals surface area contributed by atoms with Crippen molar-refractivity contribution in [2.24, 2.45) is 0 Å². The van der Waals surface area contributed by atoms with Crippen LogP contribution in [0.2, 0.25) is 0 Å². The molecule has 0 unspecified atom stereocenters. The minimum absolute atomic E-state index is 0.397. The predicted octanol–water partition coefficient (Wildman–Crippen LogP) is 2.99. The molecule has 5 heteroatoms. The lowest BCUT2D eigenvalue weighted by molar-refractivity contribution is 0.0600. The molecule has 0 amide bonds. The summed E-state index contributed by atoms with van der Waals surface area (Å²) in [6.45, 7) is 0. The van der Waals surface area contributed by atoms with Gasteiger partial charge in [-0.05, 0) is 24.3 Å². The number of nitrogens with zero attached hydrogens (tertiary/aromatic N) is 3. The Morgan fingerprint density at radius 2 is 1.68 bits per heavy atom. The maximum Gasteiger partial charge on any atom is 0.339 e. The number of hydrogen-bond donors (Lipinski definition) is 0. The van der Waals surface area contributed by atoms with Crippen molar-refractivity contribution in [1.82, 2.24) is 15.0 Å². The van der Waals surface area contributed by atoms with E-state index in [-0.39, 0.29) is 0 Å². The van der Waals surface area contributed by atoms with E-state index in [1.54, 1.807) is 30.9 Å². The molecule has 0 aliphatic carbocycles. The van der Waals surface area contributed by atoms with E-state index in [2.05, 4.69) is 15.0 Å². The molecule has 0 radical (unpaired) electrons. The predicted molar refractivity (Wildman–Crippen MR) is 82.0 cm³/mol. The lowest BCUT2D eigenvalue weighted by Crippen LogP contribution is -2.03. The number of aromatic nitrogens is 3. The average Bonchev–Trinajstić information content (AvgIpc) is 2.62. The van der Waals surface area contributed by atoms with Gasteiger partial charge in [-0.1, -0.05) is 6.07 Å². The maximum atomic E-state index is 11.8. The van der Waals surface area contributed by atoms with Gasteiger partial charge >= 0.3 is 5.97 Å². The van der Waals surface area contributed by atoms with Crippen molar-refractivity contribution in [2.75, 3.05) is 7.11 Å². The van der Waals surface area contributed by atoms with E-state index < -0.39 is 5.97 Å². The molecule has 0 saturated carbocycles. The summed E-state index contributed by atoms with van der Waals surface area (Å²) in [7, 11) is 1.35. The number of hydrogen-bond acceptors (Lipinski definition) is 5. The Morgan fingerprint density at radius 3 is 2.27 bits per heavy atom. The highest BCUT2D eigenvalue weighted by molar-refractivity contribution is 5.92. The second-order valence-corrected chi connectivity index (χ2v) is 4.60. The zero-order valence-corrected chi connectivity index (χ0v) is 11.9. The van der Waals surface area contributed by atoms with Crippen LogP contribution in [0.1, 0.15) is 10.4 Å². The Morgan fingerprint density at radius 1 is 1.00 bits per heavy atom. The molecule has 0 N–H and O–H groups in total. The molecule has 3 aromatic heterocycles. The topological polar surface area (TPSA) is 65.0 Å². The Labute approximate surface area is 127 Å². The first-order chi connectivity index (χ1) is 10.8. The molecular formula is C17H13N3O2. The molecule has 3 aromatic rings. The third-order valence-electron chi connectivity index (χ3n) is 3.22. The second kappa shape index (κ2) is 6.13. The highest BCUT2D eigenvalue weighted by Gasteiger charge is 2.14. The lowest BCUT2D eigenvalue weighted by Gasteiger charge is -2.10. The van der Waals surface area contributed by atoms with Gasteiger partial charge in [0.05, 0.1) is 18.4 Å². The number of carbonyl (C=O) groups excluding carboxylic acids is 1. The maximum absolute atomic E-state index is 11.8. The first-order valence-corrected chi connectivity index (χ1v) is 6.69. The van der Waals surface area contributed by atoms with Gasteiger partial charge < -0.3 is 4.74 Å². The van der Waals surface area contributed by atoms with Gasteiger partial charge in [0, 0.05) is 47.7 Å². The van der Waals surface area contributed by atoms with Crippen LogP contribution in [-0.2, 0) is 4.74 Å². The molecule has 22 heavy (non-hydrogen) atoms. The van der Waals surface area contributed by atoms with Gasteiger partial charge in [0.15, 0.2) is 0 Å². The summed E-state index contributed by atoms with van der Waals surface area (Å²) in [5.74, 6) is -0.421. The number of methoxy groups -OCH3 is 1. The van der Waals surface area contributed by atoms with Crippen molar-refractivity contribution in [2.45, 2.75) is 0 Å². The van der Waals surface area contributed by atoms with E-state index in [1.165, 1.54) is 13.3 Å². The van der Waals surface area contributed by atoms with Crippen LogP contribution in [0, 0.1) is 0 Å². The standard InChI is InChI=1S/C17H13N3O2/c1-22-17(21)14-8-15(12-4-2-6-18-9-12)16(20-11-14)13-5-3-7-19-10-13/h2-11H,1H3. The minimum Gasteiger partial charge on any atom is -0.465 e. The number of carbonyl (C=O) groups is 1. The van der Waals surface area contributed by atoms with Crippen LogP contribution in [0.3, 0.4) is 0 Å². The van der Waals surface area contributed by atoms with Crippen molar-refractivity contribution < 1.29 is 9.53 Å². The molecule has 0 bridgehead atoms. The zero-order chi connectivity index (χ0) is 15.4. The van der Waals surface area contributed by atoms with Crippen LogP contribution < -0.4 is 0 Å². The van der Waals surface area contributed by atoms with Crippen molar-refractivity contribution >= 4 is 5.97 Å². The van der Waals surface area contributed by atoms with Crippen molar-refractivity contribution in [3.63, 3.8) is 0 Å². The number of ether oxygens (including phenoxy) is 1. The molecule has 0 fully saturated rings. The van der Waals surface area contributed by atoms with E-state index in [4.69, 9.17) is 4.74 Å². The van der Waals surface area contributed by atoms with E-state index in [0.29, 0.717) is 5.56 Å². The van der Waals surface area contributed by atoms with Crippen LogP contribution in [-0.4, -0.2) is 28.0 Å². The summed E-state index contributed by atoms with van der Waals surface area (Å²) in [6, 6.07) is 9.29. The van der Waals surface area contributed by atoms with Crippen LogP contribution in [0.4, 0.5) is 0 Å². The van der Waals surface area contributed by atoms with E-state index in [1.807, 2.05) is 24.3 Å². The number of esters is 1. The van der Waals surface area contributed by atoms with E-state index >= 15 is 0 Å². The molecule has 108 valence electrons. The van der Waals surface area contributed by atoms with Crippen LogP contribution in [0.25, 0.3) is 22.4 Å². The fourth-order valence-corrected chi connectivity index (χ4v) is 2.17. The van der Waals surface area contributed by atoms with Gasteiger partial charge in [0.2, 0.25) is 0 Å². The summed E-state index contributed by atoms with van der Waals surface area (Å²) in [4.78, 5) is 24.4. The zero-order valence-electron chi connectivity index (χ0n) is 11.9. The van der Waals surface area contributed by atoms with Crippen LogP contribution in [0.15, 0.2) is 61.3 Å². The van der Waals surface area contributed by atoms with Gasteiger partial charge in [0.25, 0.3) is 0 Å². The third kappa shape index (κ3) is 2.69. The van der Waals surface area contributed by atoms with Gasteiger partial charge in [-0.25, -0.2) is 4.79 Å². The molecular weight excluding hydrogens is 278 g/mol. The molecule has 3 rings (SSSR count). The smallest absolute Gasteiger partial charge is 0.339 e. The Hall–Kier alpha value is -3.08. The van der Waals surface area contributed by atoms with Crippen molar-refractivity contribution in [3.05, 3.63) is 66.9 Å². The molecule has 0 spiro atoms. The molecule has 3 heterocycles. The molecule has 0 saturated heterocycles. The number of pyridine rings is 3. The Kier molecular flexibility index (Phi) is 3.87. The fourth-order valence-electron chi connectivity index (χ4n) is 2.17. The summed E-state index contributed by atoms with van der Waals surface area (Å²) >= 11 is 0. The number of rotatable bonds is 3. The summed E-state index contributed by atoms with van der Waals surface area (Å²) in [5, 5.41) is 0. The highest BCUT2D eigenvalue weighted by atomic mass is 16.5. The summed E-state index contributed by atoms with van der Waals surface area (Å²) in [5.41, 5.74) is 3.70. The van der Waals surface area contributed by atoms with Gasteiger partial charge in [-0.2, -0.15) is 0 Å². The lowest BCUT2D eigenvalue weighted by atomic mass is 10.00. The van der Waals surface area contributed by atoms with Crippen LogP contribution in [0.5, 0.6) is 0 Å². The molecule has 0 aromatic carbocycles. The third-order valence-corrected chi connectivity index (χ3v) is 3.22. The normalized spacial score (nSPS) is 10.2. The van der Waals surface area contributed by atoms with E-state index in [9.17, 15) is 4.79 Å². The van der Waals surface area contributed by atoms with Gasteiger partial charge in [-0.15, -0.1) is 0 Å². The van der Waals surface area contributed by atoms with Crippen LogP contribution >= 0.6 is 0 Å². The average molecular weight is 291 g/mol. The Bertz CT molecular complexity index is 790. The summed E-state index contributed by atoms with van der Waals surface area (Å²) < 4.78 is 4.77. The molecule has 0 aliphatic heterocycles. The highest BCUT2D eigenvalue weighted by Crippen LogP contribution is 2.30. The largest absolute Gasteiger partial charge is 0.465 e. The van der Waals surface area contributed by atoms with Crippen molar-refractivity contribution in [1.29, 1.82) is 0 Å². The fraction of sp³-hybridized carbons (Fsp3) is 0.0588. The molecule has 0 aliphatic rings. The SMILES string of the molecule is COC(=O)c1cnc(-c2cccnc2)c(-c2cccnc2)c1. The van der Waals surface area contributed by atoms with Gasteiger partial charge in [0.1, 0.15) is 0 Å². The molecule has 0 atom stereocenters.